The zero-order valence-corrected chi connectivity index (χ0v) is 31.2. The number of hydrogen-bond donors (Lipinski definition) is 2. The highest BCUT2D eigenvalue weighted by atomic mass is 16.4. The molecule has 4 nitrogen and oxygen atoms in total. The van der Waals surface area contributed by atoms with Gasteiger partial charge in [0.25, 0.3) is 0 Å². The van der Waals surface area contributed by atoms with E-state index < -0.39 is 11.9 Å². The second-order valence-electron chi connectivity index (χ2n) is 14.4. The van der Waals surface area contributed by atoms with Crippen LogP contribution in [0, 0.1) is 0 Å². The second kappa shape index (κ2) is 36.5. The molecule has 0 aliphatic rings. The quantitative estimate of drug-likeness (QED) is 0.0516. The molecule has 0 atom stereocenters. The monoisotopic (exact) mass is 649 g/mol. The Labute approximate surface area is 287 Å². The molecule has 0 saturated heterocycles. The molecule has 0 radical (unpaired) electrons. The summed E-state index contributed by atoms with van der Waals surface area (Å²) in [6.45, 7) is 4.53. The fourth-order valence-corrected chi connectivity index (χ4v) is 6.86. The van der Waals surface area contributed by atoms with E-state index in [0.29, 0.717) is 6.42 Å². The van der Waals surface area contributed by atoms with E-state index in [-0.39, 0.29) is 0 Å². The van der Waals surface area contributed by atoms with E-state index in [1.807, 2.05) is 0 Å². The Morgan fingerprint density at radius 2 is 0.565 bits per heavy atom. The third-order valence-corrected chi connectivity index (χ3v) is 9.92. The molecule has 0 fully saturated rings. The van der Waals surface area contributed by atoms with Gasteiger partial charge < -0.3 is 10.2 Å². The summed E-state index contributed by atoms with van der Waals surface area (Å²) in [5, 5.41) is 18.8. The van der Waals surface area contributed by atoms with E-state index >= 15 is 0 Å². The highest BCUT2D eigenvalue weighted by Crippen LogP contribution is 2.26. The molecule has 0 rings (SSSR count). The fourth-order valence-electron chi connectivity index (χ4n) is 6.86. The summed E-state index contributed by atoms with van der Waals surface area (Å²) in [5.41, 5.74) is 2.05. The minimum atomic E-state index is -0.665. The van der Waals surface area contributed by atoms with Crippen molar-refractivity contribution in [3.05, 3.63) is 11.1 Å². The van der Waals surface area contributed by atoms with Crippen LogP contribution < -0.4 is 0 Å². The molecule has 0 spiro atoms. The normalized spacial score (nSPS) is 12.0. The van der Waals surface area contributed by atoms with Crippen LogP contribution in [-0.2, 0) is 9.59 Å². The number of carboxylic acid groups (broad SMARTS) is 2. The van der Waals surface area contributed by atoms with Gasteiger partial charge in [-0.1, -0.05) is 199 Å². The maximum Gasteiger partial charge on any atom is 0.331 e. The van der Waals surface area contributed by atoms with Gasteiger partial charge in [-0.15, -0.1) is 0 Å². The van der Waals surface area contributed by atoms with Crippen LogP contribution in [0.4, 0.5) is 0 Å². The Morgan fingerprint density at radius 3 is 0.826 bits per heavy atom. The minimum Gasteiger partial charge on any atom is -0.481 e. The van der Waals surface area contributed by atoms with E-state index in [9.17, 15) is 14.7 Å². The third-order valence-electron chi connectivity index (χ3n) is 9.92. The van der Waals surface area contributed by atoms with E-state index in [1.165, 1.54) is 179 Å². The predicted octanol–water partition coefficient (Wildman–Crippen LogP) is 14.5. The van der Waals surface area contributed by atoms with E-state index in [2.05, 4.69) is 13.8 Å². The van der Waals surface area contributed by atoms with Gasteiger partial charge in [0.05, 0.1) is 0 Å². The summed E-state index contributed by atoms with van der Waals surface area (Å²) in [7, 11) is 0. The summed E-state index contributed by atoms with van der Waals surface area (Å²) < 4.78 is 0. The molecule has 0 aromatic carbocycles. The Hall–Kier alpha value is -1.32. The van der Waals surface area contributed by atoms with Crippen LogP contribution in [0.3, 0.4) is 0 Å². The lowest BCUT2D eigenvalue weighted by Crippen LogP contribution is -2.06. The van der Waals surface area contributed by atoms with Crippen LogP contribution in [-0.4, -0.2) is 22.2 Å². The standard InChI is InChI=1S/C42H80O4/c1-3-5-7-9-11-23-27-31-35-39(40(42(45)46)37-33-29-25-12-10-8-6-4-2)36-32-28-24-21-19-17-15-13-14-16-18-20-22-26-30-34-38-41(43)44/h3-38H2,1-2H3,(H,43,44)(H,45,46). The van der Waals surface area contributed by atoms with Crippen molar-refractivity contribution in [3.8, 4) is 0 Å². The molecular weight excluding hydrogens is 568 g/mol. The summed E-state index contributed by atoms with van der Waals surface area (Å²) in [6, 6.07) is 0. The molecule has 0 saturated carbocycles. The predicted molar refractivity (Wildman–Crippen MR) is 200 cm³/mol. The maximum atomic E-state index is 12.3. The van der Waals surface area contributed by atoms with Crippen molar-refractivity contribution in [1.29, 1.82) is 0 Å². The number of rotatable bonds is 38. The van der Waals surface area contributed by atoms with Crippen LogP contribution in [0.2, 0.25) is 0 Å². The highest BCUT2D eigenvalue weighted by molar-refractivity contribution is 5.87. The Bertz CT molecular complexity index is 698. The van der Waals surface area contributed by atoms with Crippen molar-refractivity contribution in [3.63, 3.8) is 0 Å². The average Bonchev–Trinajstić information content (AvgIpc) is 3.03. The number of allylic oxidation sites excluding steroid dienone is 1. The largest absolute Gasteiger partial charge is 0.481 e. The van der Waals surface area contributed by atoms with Crippen LogP contribution >= 0.6 is 0 Å². The van der Waals surface area contributed by atoms with Crippen LogP contribution in [0.25, 0.3) is 0 Å². The minimum absolute atomic E-state index is 0.324. The van der Waals surface area contributed by atoms with Crippen LogP contribution in [0.1, 0.15) is 245 Å². The van der Waals surface area contributed by atoms with Gasteiger partial charge >= 0.3 is 11.9 Å². The van der Waals surface area contributed by atoms with E-state index in [0.717, 1.165) is 56.9 Å². The number of unbranched alkanes of at least 4 members (excludes halogenated alkanes) is 29. The molecular formula is C42H80O4. The number of carboxylic acids is 2. The lowest BCUT2D eigenvalue weighted by atomic mass is 9.92. The SMILES string of the molecule is CCCCCCCCCCC(CCCCCCCCCCCCCCCCCCC(=O)O)=C(CCCCCCCCCC)C(=O)O. The molecule has 272 valence electrons. The first-order valence-corrected chi connectivity index (χ1v) is 20.7. The first-order valence-electron chi connectivity index (χ1n) is 20.7. The average molecular weight is 649 g/mol. The topological polar surface area (TPSA) is 74.6 Å². The molecule has 4 heteroatoms. The second-order valence-corrected chi connectivity index (χ2v) is 14.4. The highest BCUT2D eigenvalue weighted by Gasteiger charge is 2.14. The van der Waals surface area contributed by atoms with Gasteiger partial charge in [-0.3, -0.25) is 4.79 Å². The van der Waals surface area contributed by atoms with Gasteiger partial charge in [0, 0.05) is 12.0 Å². The molecule has 0 aliphatic heterocycles. The van der Waals surface area contributed by atoms with Crippen molar-refractivity contribution in [2.75, 3.05) is 0 Å². The van der Waals surface area contributed by atoms with Gasteiger partial charge in [0.1, 0.15) is 0 Å². The molecule has 0 amide bonds. The maximum absolute atomic E-state index is 12.3. The van der Waals surface area contributed by atoms with Gasteiger partial charge in [-0.2, -0.15) is 0 Å². The summed E-state index contributed by atoms with van der Waals surface area (Å²) >= 11 is 0. The van der Waals surface area contributed by atoms with Crippen molar-refractivity contribution in [1.82, 2.24) is 0 Å². The Kier molecular flexibility index (Phi) is 35.5. The van der Waals surface area contributed by atoms with Gasteiger partial charge in [-0.05, 0) is 44.9 Å². The first kappa shape index (κ1) is 44.7. The Balaban J connectivity index is 4.21. The molecule has 0 aromatic rings. The van der Waals surface area contributed by atoms with E-state index in [4.69, 9.17) is 5.11 Å². The smallest absolute Gasteiger partial charge is 0.331 e. The zero-order chi connectivity index (χ0) is 33.8. The van der Waals surface area contributed by atoms with Crippen LogP contribution in [0.15, 0.2) is 11.1 Å². The van der Waals surface area contributed by atoms with Crippen molar-refractivity contribution in [2.45, 2.75) is 245 Å². The fraction of sp³-hybridized carbons (Fsp3) is 0.905. The first-order chi connectivity index (χ1) is 22.5. The molecule has 0 bridgehead atoms. The summed E-state index contributed by atoms with van der Waals surface area (Å²) in [5.74, 6) is -1.31. The van der Waals surface area contributed by atoms with Crippen LogP contribution in [0.5, 0.6) is 0 Å². The number of carbonyl (C=O) groups is 2. The van der Waals surface area contributed by atoms with Gasteiger partial charge in [0.15, 0.2) is 0 Å². The lowest BCUT2D eigenvalue weighted by Gasteiger charge is -2.14. The van der Waals surface area contributed by atoms with Crippen molar-refractivity contribution >= 4 is 11.9 Å². The van der Waals surface area contributed by atoms with Crippen molar-refractivity contribution in [2.24, 2.45) is 0 Å². The Morgan fingerprint density at radius 1 is 0.326 bits per heavy atom. The molecule has 0 aromatic heterocycles. The zero-order valence-electron chi connectivity index (χ0n) is 31.2. The lowest BCUT2D eigenvalue weighted by molar-refractivity contribution is -0.137. The third kappa shape index (κ3) is 32.6. The summed E-state index contributed by atoms with van der Waals surface area (Å²) in [4.78, 5) is 22.9. The molecule has 0 unspecified atom stereocenters. The number of hydrogen-bond acceptors (Lipinski definition) is 2. The molecule has 0 aliphatic carbocycles. The molecule has 0 heterocycles. The van der Waals surface area contributed by atoms with Gasteiger partial charge in [-0.25, -0.2) is 4.79 Å². The number of aliphatic carboxylic acids is 2. The molecule has 2 N–H and O–H groups in total. The summed E-state index contributed by atoms with van der Waals surface area (Å²) in [6.07, 6.45) is 43.7. The van der Waals surface area contributed by atoms with E-state index in [1.54, 1.807) is 0 Å². The van der Waals surface area contributed by atoms with Gasteiger partial charge in [0.2, 0.25) is 0 Å². The van der Waals surface area contributed by atoms with Crippen molar-refractivity contribution < 1.29 is 19.8 Å². The molecule has 46 heavy (non-hydrogen) atoms.